The Morgan fingerprint density at radius 3 is 1.33 bits per heavy atom. The number of aliphatic hydroxyl groups is 1. The van der Waals surface area contributed by atoms with E-state index in [2.05, 4.69) is 120 Å². The van der Waals surface area contributed by atoms with Gasteiger partial charge in [-0.05, 0) is 89.9 Å². The molecular weight excluding hydrogens is 822 g/mol. The van der Waals surface area contributed by atoms with Crippen molar-refractivity contribution < 1.29 is 61.6 Å². The van der Waals surface area contributed by atoms with Gasteiger partial charge in [-0.1, -0.05) is 137 Å². The summed E-state index contributed by atoms with van der Waals surface area (Å²) in [6, 6.07) is 0. The third-order valence-corrected chi connectivity index (χ3v) is 9.89. The van der Waals surface area contributed by atoms with Crippen molar-refractivity contribution in [1.82, 2.24) is 0 Å². The summed E-state index contributed by atoms with van der Waals surface area (Å²) < 4.78 is 47.7. The molecule has 0 fully saturated rings. The number of carbonyl (C=O) groups excluding carboxylic acids is 2. The fourth-order valence-corrected chi connectivity index (χ4v) is 6.37. The third-order valence-electron chi connectivity index (χ3n) is 8.46. The van der Waals surface area contributed by atoms with Crippen LogP contribution < -0.4 is 0 Å². The highest BCUT2D eigenvalue weighted by Crippen LogP contribution is 2.43. The van der Waals surface area contributed by atoms with Gasteiger partial charge in [0.05, 0.1) is 19.8 Å². The molecule has 13 nitrogen and oxygen atoms in total. The summed E-state index contributed by atoms with van der Waals surface area (Å²) in [4.78, 5) is 52.7. The molecule has 0 aliphatic carbocycles. The maximum absolute atomic E-state index is 12.7. The van der Waals surface area contributed by atoms with E-state index in [0.29, 0.717) is 12.8 Å². The quantitative estimate of drug-likeness (QED) is 0.0196. The van der Waals surface area contributed by atoms with Gasteiger partial charge in [-0.15, -0.1) is 0 Å². The summed E-state index contributed by atoms with van der Waals surface area (Å²) in [6.07, 6.45) is 48.2. The number of carbonyl (C=O) groups is 2. The zero-order valence-electron chi connectivity index (χ0n) is 36.7. The van der Waals surface area contributed by atoms with Crippen LogP contribution in [0.2, 0.25) is 0 Å². The molecule has 0 aromatic rings. The van der Waals surface area contributed by atoms with Crippen LogP contribution in [0.5, 0.6) is 0 Å². The second-order valence-electron chi connectivity index (χ2n) is 14.2. The summed E-state index contributed by atoms with van der Waals surface area (Å²) in [6.45, 7) is 1.46. The van der Waals surface area contributed by atoms with Crippen LogP contribution in [0.25, 0.3) is 0 Å². The number of esters is 2. The maximum Gasteiger partial charge on any atom is 0.472 e. The van der Waals surface area contributed by atoms with Gasteiger partial charge in [0.25, 0.3) is 0 Å². The number of hydrogen-bond acceptors (Lipinski definition) is 10. The Balaban J connectivity index is 4.62. The Morgan fingerprint density at radius 1 is 0.475 bits per heavy atom. The van der Waals surface area contributed by atoms with Crippen LogP contribution in [0.15, 0.2) is 97.2 Å². The first-order valence-electron chi connectivity index (χ1n) is 21.9. The van der Waals surface area contributed by atoms with Crippen LogP contribution in [0.1, 0.15) is 142 Å². The zero-order chi connectivity index (χ0) is 45.1. The molecule has 3 unspecified atom stereocenters. The summed E-state index contributed by atoms with van der Waals surface area (Å²) in [5.41, 5.74) is 0. The number of rotatable bonds is 40. The topological polar surface area (TPSA) is 195 Å². The maximum atomic E-state index is 12.7. The van der Waals surface area contributed by atoms with Crippen molar-refractivity contribution in [3.8, 4) is 0 Å². The fourth-order valence-electron chi connectivity index (χ4n) is 5.21. The highest BCUT2D eigenvalue weighted by molar-refractivity contribution is 7.47. The van der Waals surface area contributed by atoms with Crippen LogP contribution in [-0.4, -0.2) is 70.4 Å². The Hall–Kier alpha value is -2.96. The van der Waals surface area contributed by atoms with Gasteiger partial charge in [0, 0.05) is 12.8 Å². The van der Waals surface area contributed by atoms with E-state index in [9.17, 15) is 28.7 Å². The predicted molar refractivity (Wildman–Crippen MR) is 243 cm³/mol. The largest absolute Gasteiger partial charge is 0.472 e. The van der Waals surface area contributed by atoms with Gasteiger partial charge in [0.15, 0.2) is 6.10 Å². The van der Waals surface area contributed by atoms with Gasteiger partial charge in [-0.25, -0.2) is 9.13 Å². The van der Waals surface area contributed by atoms with Crippen molar-refractivity contribution in [1.29, 1.82) is 0 Å². The van der Waals surface area contributed by atoms with Gasteiger partial charge >= 0.3 is 27.6 Å². The molecule has 0 saturated heterocycles. The van der Waals surface area contributed by atoms with E-state index in [1.165, 1.54) is 0 Å². The van der Waals surface area contributed by atoms with E-state index in [1.807, 2.05) is 0 Å². The molecule has 0 amide bonds. The van der Waals surface area contributed by atoms with Gasteiger partial charge in [-0.3, -0.25) is 23.2 Å². The zero-order valence-corrected chi connectivity index (χ0v) is 38.5. The normalized spacial score (nSPS) is 14.9. The molecule has 61 heavy (non-hydrogen) atoms. The molecular formula is C46H76O13P2. The summed E-state index contributed by atoms with van der Waals surface area (Å²) >= 11 is 0. The molecule has 15 heteroatoms. The minimum atomic E-state index is -4.87. The molecule has 0 aromatic heterocycles. The first-order valence-corrected chi connectivity index (χ1v) is 25.0. The predicted octanol–water partition coefficient (Wildman–Crippen LogP) is 11.3. The number of unbranched alkanes of at least 4 members (excludes halogenated alkanes) is 8. The molecule has 0 aliphatic heterocycles. The molecule has 0 radical (unpaired) electrons. The molecule has 0 spiro atoms. The Bertz CT molecular complexity index is 1440. The standard InChI is InChI=1S/C46H76O13P2/c1-3-5-7-9-11-13-15-17-19-20-21-22-24-26-28-30-32-34-36-38-46(49)59-44(42-58-61(53,54)57-40-43(47)39-56-60(50,51)52)41-55-45(48)37-35-33-31-29-27-25-23-18-16-14-12-10-8-6-4-2/h5-8,11-14,17-19,21-23,26,28,43-44,47H,3-4,9-10,15-16,20,24-25,27,29-42H2,1-2H3,(H,53,54)(H2,50,51,52). The van der Waals surface area contributed by atoms with E-state index in [-0.39, 0.29) is 12.8 Å². The fraction of sp³-hybridized carbons (Fsp3) is 0.609. The van der Waals surface area contributed by atoms with E-state index >= 15 is 0 Å². The second kappa shape index (κ2) is 41.1. The molecule has 0 saturated carbocycles. The first-order chi connectivity index (χ1) is 29.4. The van der Waals surface area contributed by atoms with Gasteiger partial charge in [0.2, 0.25) is 0 Å². The van der Waals surface area contributed by atoms with Crippen LogP contribution in [0, 0.1) is 0 Å². The molecule has 348 valence electrons. The molecule has 0 aromatic carbocycles. The minimum Gasteiger partial charge on any atom is -0.462 e. The van der Waals surface area contributed by atoms with Crippen molar-refractivity contribution >= 4 is 27.6 Å². The second-order valence-corrected chi connectivity index (χ2v) is 16.9. The lowest BCUT2D eigenvalue weighted by Gasteiger charge is -2.20. The Kier molecular flexibility index (Phi) is 39.1. The van der Waals surface area contributed by atoms with Crippen LogP contribution in [0.3, 0.4) is 0 Å². The van der Waals surface area contributed by atoms with Crippen molar-refractivity contribution in [3.63, 3.8) is 0 Å². The monoisotopic (exact) mass is 898 g/mol. The van der Waals surface area contributed by atoms with Gasteiger partial charge in [0.1, 0.15) is 12.7 Å². The number of phosphoric ester groups is 2. The SMILES string of the molecule is CCC=CCC=CCC=CCC=CCC=CCCCCCC(=O)OC(COC(=O)CCCCCCCC=CCC=CCC=CCC)COP(=O)(O)OCC(O)COP(=O)(O)O. The average molecular weight is 899 g/mol. The van der Waals surface area contributed by atoms with Crippen molar-refractivity contribution in [2.24, 2.45) is 0 Å². The van der Waals surface area contributed by atoms with Crippen molar-refractivity contribution in [3.05, 3.63) is 97.2 Å². The summed E-state index contributed by atoms with van der Waals surface area (Å²) in [5.74, 6) is -1.10. The highest BCUT2D eigenvalue weighted by atomic mass is 31.2. The Morgan fingerprint density at radius 2 is 0.852 bits per heavy atom. The third kappa shape index (κ3) is 44.9. The lowest BCUT2D eigenvalue weighted by molar-refractivity contribution is -0.161. The van der Waals surface area contributed by atoms with Crippen LogP contribution in [-0.2, 0) is 41.8 Å². The molecule has 0 heterocycles. The molecule has 4 N–H and O–H groups in total. The molecule has 0 aliphatic rings. The summed E-state index contributed by atoms with van der Waals surface area (Å²) in [5, 5.41) is 9.75. The lowest BCUT2D eigenvalue weighted by atomic mass is 10.1. The van der Waals surface area contributed by atoms with E-state index in [0.717, 1.165) is 103 Å². The number of phosphoric acid groups is 2. The van der Waals surface area contributed by atoms with Gasteiger partial charge in [-0.2, -0.15) is 0 Å². The minimum absolute atomic E-state index is 0.0823. The first kappa shape index (κ1) is 58.0. The number of allylic oxidation sites excluding steroid dienone is 16. The van der Waals surface area contributed by atoms with Crippen molar-refractivity contribution in [2.45, 2.75) is 154 Å². The summed E-state index contributed by atoms with van der Waals surface area (Å²) in [7, 11) is -9.70. The smallest absolute Gasteiger partial charge is 0.462 e. The van der Waals surface area contributed by atoms with E-state index in [4.69, 9.17) is 23.8 Å². The number of ether oxygens (including phenoxy) is 2. The van der Waals surface area contributed by atoms with E-state index < -0.39 is 66.2 Å². The number of aliphatic hydroxyl groups excluding tert-OH is 1. The van der Waals surface area contributed by atoms with E-state index in [1.54, 1.807) is 0 Å². The lowest BCUT2D eigenvalue weighted by Crippen LogP contribution is -2.30. The van der Waals surface area contributed by atoms with Crippen LogP contribution >= 0.6 is 15.6 Å². The number of hydrogen-bond donors (Lipinski definition) is 4. The van der Waals surface area contributed by atoms with Gasteiger partial charge < -0.3 is 29.3 Å². The average Bonchev–Trinajstić information content (AvgIpc) is 3.22. The molecule has 0 bridgehead atoms. The Labute approximate surface area is 366 Å². The molecule has 0 rings (SSSR count). The van der Waals surface area contributed by atoms with Crippen molar-refractivity contribution in [2.75, 3.05) is 26.4 Å². The van der Waals surface area contributed by atoms with Crippen LogP contribution in [0.4, 0.5) is 0 Å². The molecule has 3 atom stereocenters. The highest BCUT2D eigenvalue weighted by Gasteiger charge is 2.28.